The van der Waals surface area contributed by atoms with Crippen molar-refractivity contribution in [1.82, 2.24) is 15.1 Å². The molecule has 116 valence electrons. The third-order valence-electron chi connectivity index (χ3n) is 3.19. The van der Waals surface area contributed by atoms with Crippen molar-refractivity contribution in [2.75, 3.05) is 7.11 Å². The highest BCUT2D eigenvalue weighted by Crippen LogP contribution is 2.27. The van der Waals surface area contributed by atoms with Crippen LogP contribution in [0.15, 0.2) is 24.4 Å². The van der Waals surface area contributed by atoms with Gasteiger partial charge in [-0.2, -0.15) is 5.10 Å². The first kappa shape index (κ1) is 15.5. The standard InChI is InChI=1S/C14H16N4O4/c1-9-11(8-17(2)16-9)7-15-14(19)10-4-5-13(22-3)12(6-10)18(20)21/h4-6,8H,7H2,1-3H3,(H,15,19). The summed E-state index contributed by atoms with van der Waals surface area (Å²) in [4.78, 5) is 22.5. The average Bonchev–Trinajstić information content (AvgIpc) is 2.81. The van der Waals surface area contributed by atoms with E-state index in [4.69, 9.17) is 4.74 Å². The van der Waals surface area contributed by atoms with Gasteiger partial charge in [-0.15, -0.1) is 0 Å². The Labute approximate surface area is 126 Å². The van der Waals surface area contributed by atoms with E-state index in [1.165, 1.54) is 25.3 Å². The molecule has 1 N–H and O–H groups in total. The Morgan fingerprint density at radius 2 is 2.23 bits per heavy atom. The van der Waals surface area contributed by atoms with Gasteiger partial charge in [-0.3, -0.25) is 19.6 Å². The van der Waals surface area contributed by atoms with Crippen LogP contribution in [0.3, 0.4) is 0 Å². The topological polar surface area (TPSA) is 99.3 Å². The highest BCUT2D eigenvalue weighted by atomic mass is 16.6. The lowest BCUT2D eigenvalue weighted by atomic mass is 10.1. The molecule has 1 amide bonds. The van der Waals surface area contributed by atoms with Gasteiger partial charge in [0.2, 0.25) is 0 Å². The molecule has 0 fully saturated rings. The largest absolute Gasteiger partial charge is 0.490 e. The molecule has 8 nitrogen and oxygen atoms in total. The first-order valence-corrected chi connectivity index (χ1v) is 6.52. The van der Waals surface area contributed by atoms with Gasteiger partial charge in [-0.05, 0) is 19.1 Å². The average molecular weight is 304 g/mol. The van der Waals surface area contributed by atoms with Crippen molar-refractivity contribution in [1.29, 1.82) is 0 Å². The number of nitro benzene ring substituents is 1. The minimum atomic E-state index is -0.582. The van der Waals surface area contributed by atoms with Gasteiger partial charge in [0.15, 0.2) is 5.75 Å². The smallest absolute Gasteiger partial charge is 0.311 e. The third-order valence-corrected chi connectivity index (χ3v) is 3.19. The number of aryl methyl sites for hydroxylation is 2. The molecule has 1 heterocycles. The molecule has 2 rings (SSSR count). The van der Waals surface area contributed by atoms with Crippen LogP contribution in [-0.4, -0.2) is 27.7 Å². The predicted octanol–water partition coefficient (Wildman–Crippen LogP) is 1.58. The van der Waals surface area contributed by atoms with E-state index >= 15 is 0 Å². The maximum Gasteiger partial charge on any atom is 0.311 e. The van der Waals surface area contributed by atoms with Crippen molar-refractivity contribution in [2.45, 2.75) is 13.5 Å². The number of methoxy groups -OCH3 is 1. The Morgan fingerprint density at radius 1 is 1.50 bits per heavy atom. The molecule has 22 heavy (non-hydrogen) atoms. The van der Waals surface area contributed by atoms with E-state index in [-0.39, 0.29) is 17.0 Å². The fourth-order valence-electron chi connectivity index (χ4n) is 2.07. The molecule has 0 bridgehead atoms. The molecule has 0 radical (unpaired) electrons. The van der Waals surface area contributed by atoms with Gasteiger partial charge in [0.1, 0.15) is 0 Å². The molecule has 0 saturated carbocycles. The van der Waals surface area contributed by atoms with Crippen LogP contribution in [0.1, 0.15) is 21.6 Å². The summed E-state index contributed by atoms with van der Waals surface area (Å²) in [6, 6.07) is 4.09. The van der Waals surface area contributed by atoms with Crippen molar-refractivity contribution in [3.05, 3.63) is 51.3 Å². The van der Waals surface area contributed by atoms with Gasteiger partial charge in [0, 0.05) is 37.0 Å². The summed E-state index contributed by atoms with van der Waals surface area (Å²) in [7, 11) is 3.14. The van der Waals surface area contributed by atoms with Crippen LogP contribution in [0.4, 0.5) is 5.69 Å². The quantitative estimate of drug-likeness (QED) is 0.667. The Kier molecular flexibility index (Phi) is 4.40. The fourth-order valence-corrected chi connectivity index (χ4v) is 2.07. The number of hydrogen-bond donors (Lipinski definition) is 1. The second-order valence-corrected chi connectivity index (χ2v) is 4.74. The Balaban J connectivity index is 2.14. The van der Waals surface area contributed by atoms with Gasteiger partial charge in [0.05, 0.1) is 17.7 Å². The molecular formula is C14H16N4O4. The summed E-state index contributed by atoms with van der Waals surface area (Å²) < 4.78 is 6.57. The number of carbonyl (C=O) groups excluding carboxylic acids is 1. The van der Waals surface area contributed by atoms with Gasteiger partial charge < -0.3 is 10.1 Å². The van der Waals surface area contributed by atoms with E-state index in [0.29, 0.717) is 6.54 Å². The SMILES string of the molecule is COc1ccc(C(=O)NCc2cn(C)nc2C)cc1[N+](=O)[O-]. The molecule has 0 aliphatic rings. The maximum atomic E-state index is 12.1. The van der Waals surface area contributed by atoms with Gasteiger partial charge in [-0.25, -0.2) is 0 Å². The number of aromatic nitrogens is 2. The minimum absolute atomic E-state index is 0.115. The summed E-state index contributed by atoms with van der Waals surface area (Å²) in [5, 5.41) is 17.9. The van der Waals surface area contributed by atoms with Crippen LogP contribution in [-0.2, 0) is 13.6 Å². The monoisotopic (exact) mass is 304 g/mol. The zero-order valence-electron chi connectivity index (χ0n) is 12.5. The fraction of sp³-hybridized carbons (Fsp3) is 0.286. The second kappa shape index (κ2) is 6.25. The lowest BCUT2D eigenvalue weighted by Gasteiger charge is -2.06. The summed E-state index contributed by atoms with van der Waals surface area (Å²) in [6.07, 6.45) is 1.81. The van der Waals surface area contributed by atoms with Gasteiger partial charge in [0.25, 0.3) is 5.91 Å². The number of carbonyl (C=O) groups is 1. The molecule has 0 saturated heterocycles. The van der Waals surface area contributed by atoms with Crippen LogP contribution in [0.5, 0.6) is 5.75 Å². The van der Waals surface area contributed by atoms with E-state index in [9.17, 15) is 14.9 Å². The summed E-state index contributed by atoms with van der Waals surface area (Å²) in [5.41, 5.74) is 1.67. The molecule has 1 aromatic heterocycles. The number of amides is 1. The first-order chi connectivity index (χ1) is 10.4. The predicted molar refractivity (Wildman–Crippen MR) is 78.8 cm³/mol. The zero-order valence-corrected chi connectivity index (χ0v) is 12.5. The summed E-state index contributed by atoms with van der Waals surface area (Å²) >= 11 is 0. The van der Waals surface area contributed by atoms with Gasteiger partial charge >= 0.3 is 5.69 Å². The molecule has 8 heteroatoms. The third kappa shape index (κ3) is 3.22. The number of hydrogen-bond acceptors (Lipinski definition) is 5. The van der Waals surface area contributed by atoms with Crippen molar-refractivity contribution < 1.29 is 14.5 Å². The highest BCUT2D eigenvalue weighted by Gasteiger charge is 2.18. The van der Waals surface area contributed by atoms with Crippen LogP contribution in [0.2, 0.25) is 0 Å². The first-order valence-electron chi connectivity index (χ1n) is 6.52. The number of ether oxygens (including phenoxy) is 1. The summed E-state index contributed by atoms with van der Waals surface area (Å²) in [6.45, 7) is 2.15. The molecular weight excluding hydrogens is 288 g/mol. The minimum Gasteiger partial charge on any atom is -0.490 e. The van der Waals surface area contributed by atoms with Crippen molar-refractivity contribution in [3.63, 3.8) is 0 Å². The second-order valence-electron chi connectivity index (χ2n) is 4.74. The molecule has 2 aromatic rings. The molecule has 0 atom stereocenters. The molecule has 1 aromatic carbocycles. The van der Waals surface area contributed by atoms with E-state index in [0.717, 1.165) is 11.3 Å². The van der Waals surface area contributed by atoms with Crippen molar-refractivity contribution >= 4 is 11.6 Å². The Morgan fingerprint density at radius 3 is 2.77 bits per heavy atom. The number of rotatable bonds is 5. The Hall–Kier alpha value is -2.90. The van der Waals surface area contributed by atoms with Crippen molar-refractivity contribution in [3.8, 4) is 5.75 Å². The number of nitrogens with zero attached hydrogens (tertiary/aromatic N) is 3. The lowest BCUT2D eigenvalue weighted by Crippen LogP contribution is -2.23. The van der Waals surface area contributed by atoms with E-state index in [1.807, 2.05) is 13.1 Å². The number of benzene rings is 1. The molecule has 0 aliphatic heterocycles. The van der Waals surface area contributed by atoms with Gasteiger partial charge in [-0.1, -0.05) is 0 Å². The molecule has 0 spiro atoms. The number of nitro groups is 1. The Bertz CT molecular complexity index is 724. The van der Waals surface area contributed by atoms with E-state index in [1.54, 1.807) is 11.7 Å². The lowest BCUT2D eigenvalue weighted by molar-refractivity contribution is -0.385. The molecule has 0 unspecified atom stereocenters. The van der Waals surface area contributed by atoms with Crippen LogP contribution < -0.4 is 10.1 Å². The summed E-state index contributed by atoms with van der Waals surface area (Å²) in [5.74, 6) is -0.279. The van der Waals surface area contributed by atoms with E-state index < -0.39 is 10.8 Å². The zero-order chi connectivity index (χ0) is 16.3. The van der Waals surface area contributed by atoms with E-state index in [2.05, 4.69) is 10.4 Å². The van der Waals surface area contributed by atoms with Crippen LogP contribution in [0.25, 0.3) is 0 Å². The van der Waals surface area contributed by atoms with Crippen LogP contribution >= 0.6 is 0 Å². The normalized spacial score (nSPS) is 10.3. The molecule has 0 aliphatic carbocycles. The van der Waals surface area contributed by atoms with Crippen molar-refractivity contribution in [2.24, 2.45) is 7.05 Å². The maximum absolute atomic E-state index is 12.1. The number of nitrogens with one attached hydrogen (secondary N) is 1. The highest BCUT2D eigenvalue weighted by molar-refractivity contribution is 5.95. The van der Waals surface area contributed by atoms with Crippen LogP contribution in [0, 0.1) is 17.0 Å².